The summed E-state index contributed by atoms with van der Waals surface area (Å²) in [7, 11) is 0. The van der Waals surface area contributed by atoms with Gasteiger partial charge in [-0.05, 0) is 69.2 Å². The van der Waals surface area contributed by atoms with E-state index in [0.717, 1.165) is 50.2 Å². The van der Waals surface area contributed by atoms with Gasteiger partial charge in [0.05, 0.1) is 24.8 Å². The molecule has 0 aromatic heterocycles. The first-order chi connectivity index (χ1) is 17.9. The van der Waals surface area contributed by atoms with E-state index >= 15 is 0 Å². The van der Waals surface area contributed by atoms with Crippen molar-refractivity contribution in [1.29, 1.82) is 0 Å². The Labute approximate surface area is 220 Å². The molecule has 2 aromatic rings. The molecule has 0 aliphatic carbocycles. The maximum Gasteiger partial charge on any atom is 0.295 e. The minimum Gasteiger partial charge on any atom is -0.507 e. The topological polar surface area (TPSA) is 79.3 Å². The van der Waals surface area contributed by atoms with E-state index in [1.165, 1.54) is 0 Å². The number of ether oxygens (including phenoxy) is 2. The van der Waals surface area contributed by atoms with Crippen molar-refractivity contribution in [3.63, 3.8) is 0 Å². The summed E-state index contributed by atoms with van der Waals surface area (Å²) in [5.74, 6) is -0.129. The molecule has 1 aliphatic heterocycles. The number of benzene rings is 2. The average molecular weight is 509 g/mol. The lowest BCUT2D eigenvalue weighted by Gasteiger charge is -2.27. The predicted molar refractivity (Wildman–Crippen MR) is 146 cm³/mol. The van der Waals surface area contributed by atoms with Gasteiger partial charge in [0, 0.05) is 12.1 Å². The molecule has 1 unspecified atom stereocenters. The van der Waals surface area contributed by atoms with Crippen LogP contribution in [-0.4, -0.2) is 66.0 Å². The van der Waals surface area contributed by atoms with Crippen molar-refractivity contribution in [3.8, 4) is 11.5 Å². The van der Waals surface area contributed by atoms with Gasteiger partial charge in [-0.15, -0.1) is 0 Å². The highest BCUT2D eigenvalue weighted by molar-refractivity contribution is 6.46. The monoisotopic (exact) mass is 508 g/mol. The number of likely N-dealkylation sites (tertiary alicyclic amines) is 1. The van der Waals surface area contributed by atoms with Crippen molar-refractivity contribution in [2.24, 2.45) is 0 Å². The largest absolute Gasteiger partial charge is 0.507 e. The van der Waals surface area contributed by atoms with Gasteiger partial charge in [0.15, 0.2) is 0 Å². The van der Waals surface area contributed by atoms with Crippen LogP contribution >= 0.6 is 0 Å². The Morgan fingerprint density at radius 1 is 0.946 bits per heavy atom. The second kappa shape index (κ2) is 13.8. The van der Waals surface area contributed by atoms with Crippen LogP contribution in [0.4, 0.5) is 0 Å². The van der Waals surface area contributed by atoms with E-state index < -0.39 is 17.7 Å². The average Bonchev–Trinajstić information content (AvgIpc) is 3.16. The number of carbonyl (C=O) groups is 2. The van der Waals surface area contributed by atoms with Gasteiger partial charge in [0.25, 0.3) is 11.7 Å². The highest BCUT2D eigenvalue weighted by atomic mass is 16.5. The summed E-state index contributed by atoms with van der Waals surface area (Å²) in [6.45, 7) is 12.4. The maximum absolute atomic E-state index is 13.3. The van der Waals surface area contributed by atoms with E-state index in [0.29, 0.717) is 31.1 Å². The van der Waals surface area contributed by atoms with Crippen LogP contribution < -0.4 is 9.47 Å². The Morgan fingerprint density at radius 2 is 1.68 bits per heavy atom. The van der Waals surface area contributed by atoms with Gasteiger partial charge in [-0.2, -0.15) is 0 Å². The zero-order valence-corrected chi connectivity index (χ0v) is 22.5. The molecule has 1 aliphatic rings. The van der Waals surface area contributed by atoms with Gasteiger partial charge >= 0.3 is 0 Å². The van der Waals surface area contributed by atoms with Gasteiger partial charge in [0.1, 0.15) is 17.3 Å². The summed E-state index contributed by atoms with van der Waals surface area (Å²) >= 11 is 0. The molecule has 2 aromatic carbocycles. The number of rotatable bonds is 14. The standard InChI is InChI=1S/C30H40N2O5/c1-5-9-20-37-24-16-14-22(15-17-24)27-26(28(33)23-12-10-13-25(21-23)36-8-4)29(34)30(35)32(27)19-11-18-31(6-2)7-3/h10,12-17,21,27,33H,5-9,11,18-20H2,1-4H3. The number of hydrogen-bond acceptors (Lipinski definition) is 6. The van der Waals surface area contributed by atoms with Gasteiger partial charge in [-0.3, -0.25) is 9.59 Å². The molecule has 1 saturated heterocycles. The number of carbonyl (C=O) groups excluding carboxylic acids is 2. The highest BCUT2D eigenvalue weighted by Gasteiger charge is 2.45. The Morgan fingerprint density at radius 3 is 2.32 bits per heavy atom. The van der Waals surface area contributed by atoms with Gasteiger partial charge < -0.3 is 24.4 Å². The zero-order chi connectivity index (χ0) is 26.8. The van der Waals surface area contributed by atoms with E-state index in [-0.39, 0.29) is 11.3 Å². The molecule has 1 amide bonds. The fraction of sp³-hybridized carbons (Fsp3) is 0.467. The Kier molecular flexibility index (Phi) is 10.6. The molecule has 0 saturated carbocycles. The first-order valence-corrected chi connectivity index (χ1v) is 13.4. The third-order valence-corrected chi connectivity index (χ3v) is 6.69. The van der Waals surface area contributed by atoms with E-state index in [1.54, 1.807) is 29.2 Å². The summed E-state index contributed by atoms with van der Waals surface area (Å²) in [6, 6.07) is 13.7. The number of aliphatic hydroxyl groups is 1. The fourth-order valence-corrected chi connectivity index (χ4v) is 4.60. The van der Waals surface area contributed by atoms with Gasteiger partial charge in [0.2, 0.25) is 0 Å². The smallest absolute Gasteiger partial charge is 0.295 e. The lowest BCUT2D eigenvalue weighted by molar-refractivity contribution is -0.140. The van der Waals surface area contributed by atoms with Crippen molar-refractivity contribution >= 4 is 17.4 Å². The molecular formula is C30H40N2O5. The summed E-state index contributed by atoms with van der Waals surface area (Å²) in [6.07, 6.45) is 2.74. The third-order valence-electron chi connectivity index (χ3n) is 6.69. The van der Waals surface area contributed by atoms with Crippen LogP contribution in [-0.2, 0) is 9.59 Å². The minimum absolute atomic E-state index is 0.0983. The van der Waals surface area contributed by atoms with Gasteiger partial charge in [-0.25, -0.2) is 0 Å². The van der Waals surface area contributed by atoms with Crippen LogP contribution in [0.15, 0.2) is 54.1 Å². The zero-order valence-electron chi connectivity index (χ0n) is 22.5. The van der Waals surface area contributed by atoms with Crippen molar-refractivity contribution in [2.45, 2.75) is 53.0 Å². The number of Topliss-reactive ketones (excluding diaryl/α,β-unsaturated/α-hetero) is 1. The number of unbranched alkanes of at least 4 members (excludes halogenated alkanes) is 1. The van der Waals surface area contributed by atoms with Crippen molar-refractivity contribution in [1.82, 2.24) is 9.80 Å². The number of nitrogens with zero attached hydrogens (tertiary/aromatic N) is 2. The van der Waals surface area contributed by atoms with Gasteiger partial charge in [-0.1, -0.05) is 51.5 Å². The Balaban J connectivity index is 1.99. The molecule has 1 atom stereocenters. The van der Waals surface area contributed by atoms with Crippen molar-refractivity contribution < 1.29 is 24.2 Å². The molecule has 37 heavy (non-hydrogen) atoms. The summed E-state index contributed by atoms with van der Waals surface area (Å²) in [4.78, 5) is 30.4. The van der Waals surface area contributed by atoms with Crippen molar-refractivity contribution in [3.05, 3.63) is 65.2 Å². The second-order valence-electron chi connectivity index (χ2n) is 9.10. The molecule has 0 radical (unpaired) electrons. The molecular weight excluding hydrogens is 468 g/mol. The summed E-state index contributed by atoms with van der Waals surface area (Å²) < 4.78 is 11.4. The van der Waals surface area contributed by atoms with E-state index in [9.17, 15) is 14.7 Å². The lowest BCUT2D eigenvalue weighted by atomic mass is 9.95. The van der Waals surface area contributed by atoms with E-state index in [4.69, 9.17) is 9.47 Å². The molecule has 7 nitrogen and oxygen atoms in total. The SMILES string of the molecule is CCCCOc1ccc(C2C(=C(O)c3cccc(OCC)c3)C(=O)C(=O)N2CCCN(CC)CC)cc1. The summed E-state index contributed by atoms with van der Waals surface area (Å²) in [5, 5.41) is 11.3. The fourth-order valence-electron chi connectivity index (χ4n) is 4.60. The number of hydrogen-bond donors (Lipinski definition) is 1. The first kappa shape index (κ1) is 28.3. The minimum atomic E-state index is -0.683. The number of ketones is 1. The maximum atomic E-state index is 13.3. The molecule has 1 fully saturated rings. The Hall–Kier alpha value is -3.32. The molecule has 0 spiro atoms. The summed E-state index contributed by atoms with van der Waals surface area (Å²) in [5.41, 5.74) is 1.30. The van der Waals surface area contributed by atoms with Crippen LogP contribution in [0.2, 0.25) is 0 Å². The van der Waals surface area contributed by atoms with Crippen molar-refractivity contribution in [2.75, 3.05) is 39.4 Å². The lowest BCUT2D eigenvalue weighted by Crippen LogP contribution is -2.33. The van der Waals surface area contributed by atoms with E-state index in [2.05, 4.69) is 25.7 Å². The van der Waals surface area contributed by atoms with E-state index in [1.807, 2.05) is 31.2 Å². The van der Waals surface area contributed by atoms with Crippen LogP contribution in [0.3, 0.4) is 0 Å². The third kappa shape index (κ3) is 6.92. The van der Waals surface area contributed by atoms with Crippen LogP contribution in [0, 0.1) is 0 Å². The number of amides is 1. The second-order valence-corrected chi connectivity index (χ2v) is 9.10. The van der Waals surface area contributed by atoms with Crippen LogP contribution in [0.5, 0.6) is 11.5 Å². The Bertz CT molecular complexity index is 1080. The highest BCUT2D eigenvalue weighted by Crippen LogP contribution is 2.40. The molecule has 1 heterocycles. The molecule has 7 heteroatoms. The van der Waals surface area contributed by atoms with Crippen LogP contribution in [0.25, 0.3) is 5.76 Å². The first-order valence-electron chi connectivity index (χ1n) is 13.4. The normalized spacial score (nSPS) is 17.0. The molecule has 3 rings (SSSR count). The van der Waals surface area contributed by atoms with Crippen LogP contribution in [0.1, 0.15) is 64.1 Å². The predicted octanol–water partition coefficient (Wildman–Crippen LogP) is 5.42. The number of aliphatic hydroxyl groups excluding tert-OH is 1. The molecule has 1 N–H and O–H groups in total. The quantitative estimate of drug-likeness (QED) is 0.159. The molecule has 0 bridgehead atoms. The molecule has 200 valence electrons.